The highest BCUT2D eigenvalue weighted by Crippen LogP contribution is 2.05. The molecular weight excluding hydrogens is 412 g/mol. The van der Waals surface area contributed by atoms with Gasteiger partial charge in [-0.05, 0) is 18.2 Å². The molecule has 2 rings (SSSR count). The molecule has 13 heteroatoms. The quantitative estimate of drug-likeness (QED) is 0.247. The third-order valence-electron chi connectivity index (χ3n) is 3.73. The summed E-state index contributed by atoms with van der Waals surface area (Å²) in [6.45, 7) is 1.23. The number of hydrogen-bond donors (Lipinski definition) is 3. The van der Waals surface area contributed by atoms with Crippen LogP contribution in [0.15, 0.2) is 39.4 Å². The van der Waals surface area contributed by atoms with Crippen molar-refractivity contribution in [3.05, 3.63) is 52.2 Å². The molecule has 0 saturated heterocycles. The Balaban J connectivity index is 2.29. The summed E-state index contributed by atoms with van der Waals surface area (Å²) < 4.78 is 5.76. The number of hydrogen-bond acceptors (Lipinski definition) is 9. The van der Waals surface area contributed by atoms with Gasteiger partial charge in [0.2, 0.25) is 11.7 Å². The number of nitrogens with one attached hydrogen (secondary N) is 3. The number of amides is 3. The third kappa shape index (κ3) is 6.03. The molecule has 0 atom stereocenters. The van der Waals surface area contributed by atoms with E-state index >= 15 is 0 Å². The minimum Gasteiger partial charge on any atom is -0.353 e. The highest BCUT2D eigenvalue weighted by molar-refractivity contribution is 6.36. The number of likely N-dealkylation sites (N-methyl/N-ethyl adjacent to an activating group) is 1. The van der Waals surface area contributed by atoms with Crippen LogP contribution in [0.4, 0.5) is 5.69 Å². The maximum absolute atomic E-state index is 12.7. The van der Waals surface area contributed by atoms with Gasteiger partial charge < -0.3 is 29.8 Å². The average molecular weight is 430 g/mol. The highest BCUT2D eigenvalue weighted by Gasteiger charge is 2.20. The van der Waals surface area contributed by atoms with E-state index in [1.165, 1.54) is 32.3 Å². The van der Waals surface area contributed by atoms with E-state index in [4.69, 9.17) is 4.52 Å². The maximum Gasteiger partial charge on any atom is 0.297 e. The van der Waals surface area contributed by atoms with Crippen LogP contribution >= 0.6 is 0 Å². The minimum atomic E-state index is -0.959. The summed E-state index contributed by atoms with van der Waals surface area (Å²) in [7, 11) is 1.26. The van der Waals surface area contributed by atoms with Crippen molar-refractivity contribution in [2.24, 2.45) is 0 Å². The Morgan fingerprint density at radius 2 is 1.97 bits per heavy atom. The second-order valence-corrected chi connectivity index (χ2v) is 5.92. The maximum atomic E-state index is 12.7. The van der Waals surface area contributed by atoms with E-state index in [0.29, 0.717) is 6.29 Å². The van der Waals surface area contributed by atoms with Gasteiger partial charge in [0, 0.05) is 26.6 Å². The zero-order valence-corrected chi connectivity index (χ0v) is 16.5. The number of aromatic nitrogens is 3. The summed E-state index contributed by atoms with van der Waals surface area (Å²) in [5.41, 5.74) is -1.28. The summed E-state index contributed by atoms with van der Waals surface area (Å²) >= 11 is 0. The van der Waals surface area contributed by atoms with Crippen LogP contribution in [0.3, 0.4) is 0 Å². The molecule has 0 unspecified atom stereocenters. The number of carbonyl (C=O) groups excluding carboxylic acids is 5. The number of rotatable bonds is 9. The molecule has 162 valence electrons. The normalized spacial score (nSPS) is 10.8. The summed E-state index contributed by atoms with van der Waals surface area (Å²) in [4.78, 5) is 74.8. The van der Waals surface area contributed by atoms with Crippen molar-refractivity contribution in [1.29, 1.82) is 0 Å². The summed E-state index contributed by atoms with van der Waals surface area (Å²) in [6, 6.07) is 2.72. The van der Waals surface area contributed by atoms with E-state index in [9.17, 15) is 28.8 Å². The number of anilines is 1. The molecule has 0 aromatic carbocycles. The molecule has 0 saturated carbocycles. The van der Waals surface area contributed by atoms with E-state index in [1.807, 2.05) is 0 Å². The molecule has 0 aliphatic heterocycles. The lowest BCUT2D eigenvalue weighted by Crippen LogP contribution is -2.34. The Bertz CT molecular complexity index is 1110. The predicted octanol–water partition coefficient (Wildman–Crippen LogP) is -1.30. The lowest BCUT2D eigenvalue weighted by Gasteiger charge is -2.10. The fraction of sp³-hybridized carbons (Fsp3) is 0.222. The Morgan fingerprint density at radius 1 is 1.23 bits per heavy atom. The first kappa shape index (κ1) is 22.9. The van der Waals surface area contributed by atoms with Crippen molar-refractivity contribution >= 4 is 35.5 Å². The number of pyridine rings is 1. The Morgan fingerprint density at radius 3 is 2.58 bits per heavy atom. The monoisotopic (exact) mass is 430 g/mol. The molecule has 2 aromatic heterocycles. The first-order valence-electron chi connectivity index (χ1n) is 8.78. The van der Waals surface area contributed by atoms with Crippen LogP contribution in [-0.4, -0.2) is 51.5 Å². The molecule has 0 aliphatic rings. The standard InChI is InChI=1S/C18H18N6O7/c1-10-20-14(23-31-10)17(29)21-11(5-6-13(26)16(28)19-2)15(27)22-12-4-3-7-24(8-9-25)18(12)30/h3-5,7,9H,6,8H2,1-2H3,(H,19,28)(H,21,29)(H,22,27)/b11-5+. The molecule has 0 fully saturated rings. The second-order valence-electron chi connectivity index (χ2n) is 5.92. The molecule has 0 bridgehead atoms. The zero-order chi connectivity index (χ0) is 23.0. The number of allylic oxidation sites excluding steroid dienone is 1. The molecule has 3 N–H and O–H groups in total. The van der Waals surface area contributed by atoms with Crippen molar-refractivity contribution in [1.82, 2.24) is 25.3 Å². The third-order valence-corrected chi connectivity index (χ3v) is 3.73. The summed E-state index contributed by atoms with van der Waals surface area (Å²) in [5.74, 6) is -3.91. The van der Waals surface area contributed by atoms with E-state index < -0.39 is 41.2 Å². The van der Waals surface area contributed by atoms with Gasteiger partial charge in [0.25, 0.3) is 29.1 Å². The van der Waals surface area contributed by atoms with Gasteiger partial charge in [-0.15, -0.1) is 0 Å². The van der Waals surface area contributed by atoms with Gasteiger partial charge in [-0.3, -0.25) is 24.0 Å². The molecule has 0 aliphatic carbocycles. The average Bonchev–Trinajstić information content (AvgIpc) is 3.19. The van der Waals surface area contributed by atoms with Gasteiger partial charge in [-0.1, -0.05) is 5.16 Å². The zero-order valence-electron chi connectivity index (χ0n) is 16.5. The molecule has 13 nitrogen and oxygen atoms in total. The second kappa shape index (κ2) is 10.4. The van der Waals surface area contributed by atoms with Crippen LogP contribution in [0.2, 0.25) is 0 Å². The molecule has 31 heavy (non-hydrogen) atoms. The Kier molecular flexibility index (Phi) is 7.66. The fourth-order valence-electron chi connectivity index (χ4n) is 2.24. The van der Waals surface area contributed by atoms with Crippen LogP contribution in [0.5, 0.6) is 0 Å². The largest absolute Gasteiger partial charge is 0.353 e. The van der Waals surface area contributed by atoms with E-state index in [0.717, 1.165) is 10.6 Å². The van der Waals surface area contributed by atoms with Gasteiger partial charge in [-0.25, -0.2) is 0 Å². The van der Waals surface area contributed by atoms with E-state index in [1.54, 1.807) is 0 Å². The molecule has 3 amide bonds. The first-order valence-corrected chi connectivity index (χ1v) is 8.78. The van der Waals surface area contributed by atoms with Crippen LogP contribution < -0.4 is 21.5 Å². The number of Topliss-reactive ketones (excluding diaryl/α,β-unsaturated/α-hetero) is 1. The van der Waals surface area contributed by atoms with Gasteiger partial charge >= 0.3 is 0 Å². The lowest BCUT2D eigenvalue weighted by atomic mass is 10.2. The van der Waals surface area contributed by atoms with Crippen LogP contribution in [0, 0.1) is 6.92 Å². The summed E-state index contributed by atoms with van der Waals surface area (Å²) in [6.07, 6.45) is 2.35. The van der Waals surface area contributed by atoms with E-state index in [-0.39, 0.29) is 23.9 Å². The fourth-order valence-corrected chi connectivity index (χ4v) is 2.24. The SMILES string of the molecule is CNC(=O)C(=O)C/C=C(/NC(=O)c1noc(C)n1)C(=O)Nc1cccn(CC=O)c1=O. The predicted molar refractivity (Wildman–Crippen MR) is 104 cm³/mol. The summed E-state index contributed by atoms with van der Waals surface area (Å²) in [5, 5.41) is 10.1. The molecule has 0 radical (unpaired) electrons. The molecule has 0 spiro atoms. The number of nitrogens with zero attached hydrogens (tertiary/aromatic N) is 3. The van der Waals surface area contributed by atoms with Crippen molar-refractivity contribution < 1.29 is 28.5 Å². The number of aldehydes is 1. The van der Waals surface area contributed by atoms with Crippen molar-refractivity contribution in [3.63, 3.8) is 0 Å². The van der Waals surface area contributed by atoms with Gasteiger partial charge in [-0.2, -0.15) is 4.98 Å². The van der Waals surface area contributed by atoms with Crippen LogP contribution in [-0.2, 0) is 25.7 Å². The number of aryl methyl sites for hydroxylation is 1. The Labute approximate surface area is 174 Å². The first-order chi connectivity index (χ1) is 14.8. The molecule has 2 heterocycles. The van der Waals surface area contributed by atoms with Crippen molar-refractivity contribution in [2.75, 3.05) is 12.4 Å². The molecular formula is C18H18N6O7. The number of ketones is 1. The van der Waals surface area contributed by atoms with Crippen molar-refractivity contribution in [3.8, 4) is 0 Å². The highest BCUT2D eigenvalue weighted by atomic mass is 16.5. The Hall–Kier alpha value is -4.42. The van der Waals surface area contributed by atoms with Gasteiger partial charge in [0.1, 0.15) is 17.7 Å². The minimum absolute atomic E-state index is 0.106. The van der Waals surface area contributed by atoms with Crippen molar-refractivity contribution in [2.45, 2.75) is 19.9 Å². The smallest absolute Gasteiger partial charge is 0.297 e. The van der Waals surface area contributed by atoms with Gasteiger partial charge in [0.15, 0.2) is 0 Å². The molecule has 2 aromatic rings. The van der Waals surface area contributed by atoms with Crippen LogP contribution in [0.1, 0.15) is 22.9 Å². The lowest BCUT2D eigenvalue weighted by molar-refractivity contribution is -0.137. The van der Waals surface area contributed by atoms with E-state index in [2.05, 4.69) is 26.1 Å². The van der Waals surface area contributed by atoms with Gasteiger partial charge in [0.05, 0.1) is 6.54 Å². The number of carbonyl (C=O) groups is 5. The van der Waals surface area contributed by atoms with Crippen LogP contribution in [0.25, 0.3) is 0 Å². The topological polar surface area (TPSA) is 182 Å².